The minimum absolute atomic E-state index is 0.135. The van der Waals surface area contributed by atoms with Crippen molar-refractivity contribution in [2.75, 3.05) is 25.6 Å². The lowest BCUT2D eigenvalue weighted by Gasteiger charge is -2.29. The van der Waals surface area contributed by atoms with Gasteiger partial charge in [0.1, 0.15) is 28.4 Å². The second-order valence-electron chi connectivity index (χ2n) is 12.6. The molecular weight excluding hydrogens is 639 g/mol. The molecule has 11 heteroatoms. The minimum atomic E-state index is -0.653. The zero-order chi connectivity index (χ0) is 34.1. The molecule has 0 aliphatic carbocycles. The molecule has 3 amide bonds. The summed E-state index contributed by atoms with van der Waals surface area (Å²) in [7, 11) is 3.94. The smallest absolute Gasteiger partial charge is 0.255 e. The number of carbonyl (C=O) groups is 4. The van der Waals surface area contributed by atoms with Gasteiger partial charge in [-0.15, -0.1) is 11.3 Å². The third-order valence-electron chi connectivity index (χ3n) is 8.89. The maximum absolute atomic E-state index is 12.9. The Kier molecular flexibility index (Phi) is 8.92. The molecule has 0 saturated carbocycles. The topological polar surface area (TPSA) is 122 Å². The maximum atomic E-state index is 12.9. The lowest BCUT2D eigenvalue weighted by molar-refractivity contribution is -0.137. The summed E-state index contributed by atoms with van der Waals surface area (Å²) in [4.78, 5) is 62.4. The summed E-state index contributed by atoms with van der Waals surface area (Å²) >= 11 is 1.62. The molecule has 49 heavy (non-hydrogen) atoms. The number of rotatable bonds is 11. The zero-order valence-electron chi connectivity index (χ0n) is 27.3. The van der Waals surface area contributed by atoms with Crippen molar-refractivity contribution in [1.29, 1.82) is 0 Å². The molecule has 1 saturated heterocycles. The highest BCUT2D eigenvalue weighted by molar-refractivity contribution is 7.21. The molecular formula is C38H35N5O5S. The first-order chi connectivity index (χ1) is 23.7. The molecule has 3 aromatic carbocycles. The van der Waals surface area contributed by atoms with Crippen molar-refractivity contribution in [2.24, 2.45) is 0 Å². The fourth-order valence-electron chi connectivity index (χ4n) is 6.25. The summed E-state index contributed by atoms with van der Waals surface area (Å²) in [6.45, 7) is 0.654. The van der Waals surface area contributed by atoms with E-state index >= 15 is 0 Å². The van der Waals surface area contributed by atoms with Crippen LogP contribution in [0.5, 0.6) is 5.75 Å². The van der Waals surface area contributed by atoms with E-state index < -0.39 is 11.9 Å². The van der Waals surface area contributed by atoms with E-state index in [2.05, 4.69) is 46.7 Å². The van der Waals surface area contributed by atoms with Crippen molar-refractivity contribution in [2.45, 2.75) is 44.7 Å². The number of piperidine rings is 1. The highest BCUT2D eigenvalue weighted by atomic mass is 32.1. The normalized spacial score (nSPS) is 15.8. The van der Waals surface area contributed by atoms with Gasteiger partial charge in [0.15, 0.2) is 0 Å². The Morgan fingerprint density at radius 1 is 0.980 bits per heavy atom. The first-order valence-electron chi connectivity index (χ1n) is 16.3. The van der Waals surface area contributed by atoms with Crippen LogP contribution in [0.15, 0.2) is 79.0 Å². The number of imide groups is 1. The lowest BCUT2D eigenvalue weighted by Crippen LogP contribution is -2.52. The fourth-order valence-corrected chi connectivity index (χ4v) is 7.28. The molecule has 1 fully saturated rings. The molecule has 7 rings (SSSR count). The van der Waals surface area contributed by atoms with Gasteiger partial charge < -0.3 is 14.5 Å². The van der Waals surface area contributed by atoms with Crippen LogP contribution in [0.25, 0.3) is 31.9 Å². The van der Waals surface area contributed by atoms with Gasteiger partial charge in [-0.2, -0.15) is 0 Å². The number of ketones is 1. The van der Waals surface area contributed by atoms with E-state index in [-0.39, 0.29) is 24.0 Å². The largest absolute Gasteiger partial charge is 0.494 e. The van der Waals surface area contributed by atoms with E-state index in [1.54, 1.807) is 23.5 Å². The summed E-state index contributed by atoms with van der Waals surface area (Å²) in [5, 5.41) is 3.25. The van der Waals surface area contributed by atoms with Gasteiger partial charge in [-0.05, 0) is 72.0 Å². The SMILES string of the molecule is CN(C)c1ccc(-c2ccc(-c3nc4ccc(CC(=O)CCCOc5ccc6c(c5)CN(C5CCC(=O)NC5=O)C6=O)cc4s3)cc2)cn1. The number of thiazole rings is 1. The average Bonchev–Trinajstić information content (AvgIpc) is 3.67. The number of anilines is 1. The van der Waals surface area contributed by atoms with Crippen LogP contribution in [0.2, 0.25) is 0 Å². The Hall–Kier alpha value is -5.42. The number of benzene rings is 3. The molecule has 2 aromatic heterocycles. The minimum Gasteiger partial charge on any atom is -0.494 e. The van der Waals surface area contributed by atoms with Crippen LogP contribution in [0.1, 0.15) is 47.2 Å². The number of hydrogen-bond acceptors (Lipinski definition) is 9. The van der Waals surface area contributed by atoms with Crippen LogP contribution in [-0.2, 0) is 27.3 Å². The Bertz CT molecular complexity index is 2070. The van der Waals surface area contributed by atoms with E-state index in [9.17, 15) is 19.2 Å². The number of carbonyl (C=O) groups excluding carboxylic acids is 4. The zero-order valence-corrected chi connectivity index (χ0v) is 28.1. The number of fused-ring (bicyclic) bond motifs is 2. The predicted octanol–water partition coefficient (Wildman–Crippen LogP) is 5.82. The summed E-state index contributed by atoms with van der Waals surface area (Å²) < 4.78 is 6.96. The van der Waals surface area contributed by atoms with Crippen molar-refractivity contribution in [3.05, 3.63) is 95.7 Å². The van der Waals surface area contributed by atoms with E-state index in [4.69, 9.17) is 9.72 Å². The van der Waals surface area contributed by atoms with Crippen molar-refractivity contribution in [1.82, 2.24) is 20.2 Å². The number of Topliss-reactive ketones (excluding diaryl/α,β-unsaturated/α-hetero) is 1. The Morgan fingerprint density at radius 2 is 1.78 bits per heavy atom. The second-order valence-corrected chi connectivity index (χ2v) is 13.6. The number of aromatic nitrogens is 2. The van der Waals surface area contributed by atoms with E-state index in [0.717, 1.165) is 48.9 Å². The summed E-state index contributed by atoms with van der Waals surface area (Å²) in [6.07, 6.45) is 3.72. The summed E-state index contributed by atoms with van der Waals surface area (Å²) in [6, 6.07) is 23.0. The van der Waals surface area contributed by atoms with Crippen molar-refractivity contribution < 1.29 is 23.9 Å². The molecule has 10 nitrogen and oxygen atoms in total. The fraction of sp³-hybridized carbons (Fsp3) is 0.263. The number of nitrogens with zero attached hydrogens (tertiary/aromatic N) is 4. The van der Waals surface area contributed by atoms with Crippen LogP contribution >= 0.6 is 11.3 Å². The van der Waals surface area contributed by atoms with Crippen LogP contribution in [0.3, 0.4) is 0 Å². The molecule has 2 aliphatic heterocycles. The standard InChI is InChI=1S/C38H35N5O5S/c1-42(2)34-15-10-26(21-39-34)24-6-8-25(9-7-24)37-40-31-13-5-23(19-33(31)49-37)18-28(44)4-3-17-48-29-11-12-30-27(20-29)22-43(38(30)47)32-14-16-35(45)41-36(32)46/h5-13,15,19-21,32H,3-4,14,16-18,22H2,1-2H3,(H,41,45,46). The van der Waals surface area contributed by atoms with Crippen LogP contribution in [0.4, 0.5) is 5.82 Å². The van der Waals surface area contributed by atoms with Gasteiger partial charge >= 0.3 is 0 Å². The van der Waals surface area contributed by atoms with Gasteiger partial charge in [-0.25, -0.2) is 9.97 Å². The summed E-state index contributed by atoms with van der Waals surface area (Å²) in [5.74, 6) is 0.701. The van der Waals surface area contributed by atoms with Crippen LogP contribution in [0, 0.1) is 0 Å². The van der Waals surface area contributed by atoms with Crippen molar-refractivity contribution >= 4 is 50.9 Å². The van der Waals surface area contributed by atoms with Gasteiger partial charge in [0.05, 0.1) is 16.8 Å². The first kappa shape index (κ1) is 32.1. The maximum Gasteiger partial charge on any atom is 0.255 e. The molecule has 248 valence electrons. The Labute approximate surface area is 287 Å². The third-order valence-corrected chi connectivity index (χ3v) is 9.96. The van der Waals surface area contributed by atoms with Gasteiger partial charge in [0.25, 0.3) is 5.91 Å². The molecule has 5 aromatic rings. The third kappa shape index (κ3) is 6.93. The van der Waals surface area contributed by atoms with Crippen molar-refractivity contribution in [3.63, 3.8) is 0 Å². The lowest BCUT2D eigenvalue weighted by atomic mass is 10.0. The Balaban J connectivity index is 0.901. The molecule has 2 aliphatic rings. The number of amides is 3. The highest BCUT2D eigenvalue weighted by Gasteiger charge is 2.39. The van der Waals surface area contributed by atoms with E-state index in [0.29, 0.717) is 50.1 Å². The monoisotopic (exact) mass is 673 g/mol. The first-order valence-corrected chi connectivity index (χ1v) is 17.1. The molecule has 1 unspecified atom stereocenters. The van der Waals surface area contributed by atoms with Crippen LogP contribution in [-0.4, -0.2) is 65.1 Å². The van der Waals surface area contributed by atoms with E-state index in [1.165, 1.54) is 4.90 Å². The second kappa shape index (κ2) is 13.6. The molecule has 0 bridgehead atoms. The summed E-state index contributed by atoms with van der Waals surface area (Å²) in [5.41, 5.74) is 6.39. The molecule has 1 N–H and O–H groups in total. The molecule has 0 spiro atoms. The van der Waals surface area contributed by atoms with Gasteiger partial charge in [0.2, 0.25) is 11.8 Å². The predicted molar refractivity (Wildman–Crippen MR) is 189 cm³/mol. The van der Waals surface area contributed by atoms with Crippen molar-refractivity contribution in [3.8, 4) is 27.4 Å². The van der Waals surface area contributed by atoms with Gasteiger partial charge in [-0.1, -0.05) is 30.3 Å². The van der Waals surface area contributed by atoms with Gasteiger partial charge in [-0.3, -0.25) is 24.5 Å². The Morgan fingerprint density at radius 3 is 2.53 bits per heavy atom. The number of hydrogen-bond donors (Lipinski definition) is 1. The number of nitrogens with one attached hydrogen (secondary N) is 1. The highest BCUT2D eigenvalue weighted by Crippen LogP contribution is 2.33. The molecule has 4 heterocycles. The number of ether oxygens (including phenoxy) is 1. The average molecular weight is 674 g/mol. The quantitative estimate of drug-likeness (QED) is 0.138. The molecule has 1 atom stereocenters. The molecule has 0 radical (unpaired) electrons. The van der Waals surface area contributed by atoms with Gasteiger partial charge in [0, 0.05) is 62.8 Å². The van der Waals surface area contributed by atoms with Crippen LogP contribution < -0.4 is 15.0 Å². The van der Waals surface area contributed by atoms with E-state index in [1.807, 2.05) is 49.5 Å². The number of pyridine rings is 1.